The molecule has 1 unspecified atom stereocenters. The van der Waals surface area contributed by atoms with E-state index < -0.39 is 17.7 Å². The van der Waals surface area contributed by atoms with Crippen molar-refractivity contribution in [3.63, 3.8) is 0 Å². The molecule has 0 fully saturated rings. The van der Waals surface area contributed by atoms with Crippen LogP contribution in [0.15, 0.2) is 40.6 Å². The number of halogens is 2. The van der Waals surface area contributed by atoms with Crippen molar-refractivity contribution in [2.75, 3.05) is 31.9 Å². The molecule has 0 heterocycles. The number of para-hydroxylation sites is 1. The quantitative estimate of drug-likeness (QED) is 0.234. The van der Waals surface area contributed by atoms with Crippen molar-refractivity contribution in [2.45, 2.75) is 26.8 Å². The second-order valence-corrected chi connectivity index (χ2v) is 7.17. The summed E-state index contributed by atoms with van der Waals surface area (Å²) in [6.07, 6.45) is 0. The molecule has 0 aromatic heterocycles. The molecule has 2 aromatic carbocycles. The van der Waals surface area contributed by atoms with Crippen LogP contribution < -0.4 is 23.4 Å². The molecule has 0 saturated heterocycles. The van der Waals surface area contributed by atoms with E-state index in [2.05, 4.69) is 10.2 Å². The number of hydrogen-bond donors (Lipinski definition) is 0. The van der Waals surface area contributed by atoms with Crippen molar-refractivity contribution in [1.29, 1.82) is 0 Å². The average molecular weight is 498 g/mol. The molecule has 1 amide bonds. The lowest BCUT2D eigenvalue weighted by Gasteiger charge is -2.21. The zero-order valence-electron chi connectivity index (χ0n) is 18.9. The molecule has 9 nitrogen and oxygen atoms in total. The Bertz CT molecular complexity index is 1010. The summed E-state index contributed by atoms with van der Waals surface area (Å²) in [5, 5.41) is 8.08. The van der Waals surface area contributed by atoms with Gasteiger partial charge >= 0.3 is 0 Å². The number of benzene rings is 2. The molecular weight excluding hydrogens is 473 g/mol. The van der Waals surface area contributed by atoms with Crippen LogP contribution in [0.5, 0.6) is 23.0 Å². The van der Waals surface area contributed by atoms with Crippen LogP contribution >= 0.6 is 23.4 Å². The summed E-state index contributed by atoms with van der Waals surface area (Å²) >= 11 is 12.7. The summed E-state index contributed by atoms with van der Waals surface area (Å²) in [6, 6.07) is 6.49. The van der Waals surface area contributed by atoms with E-state index in [1.54, 1.807) is 37.3 Å². The van der Waals surface area contributed by atoms with Gasteiger partial charge in [0.2, 0.25) is 6.04 Å². The molecule has 0 spiro atoms. The van der Waals surface area contributed by atoms with Crippen molar-refractivity contribution >= 4 is 46.4 Å². The Morgan fingerprint density at radius 2 is 1.61 bits per heavy atom. The van der Waals surface area contributed by atoms with Gasteiger partial charge in [-0.25, -0.2) is 4.42 Å². The number of carbonyl (C=O) groups is 2. The van der Waals surface area contributed by atoms with E-state index in [0.717, 1.165) is 4.42 Å². The summed E-state index contributed by atoms with van der Waals surface area (Å²) in [5.74, 6) is -0.141. The summed E-state index contributed by atoms with van der Waals surface area (Å²) in [6.45, 7) is 5.59. The molecular formula is C22H25Cl2N3O6. The molecule has 0 aliphatic carbocycles. The first-order chi connectivity index (χ1) is 15.8. The third-order valence-corrected chi connectivity index (χ3v) is 5.02. The van der Waals surface area contributed by atoms with Crippen LogP contribution in [-0.4, -0.2) is 45.2 Å². The summed E-state index contributed by atoms with van der Waals surface area (Å²) < 4.78 is 22.3. The van der Waals surface area contributed by atoms with Gasteiger partial charge in [-0.2, -0.15) is 10.2 Å². The van der Waals surface area contributed by atoms with E-state index in [-0.39, 0.29) is 27.9 Å². The third-order valence-electron chi connectivity index (χ3n) is 4.32. The number of carbonyl (C=O) groups excluding carboxylic acids is 2. The molecule has 0 bridgehead atoms. The first-order valence-electron chi connectivity index (χ1n) is 10.0. The van der Waals surface area contributed by atoms with Crippen LogP contribution in [0, 0.1) is 0 Å². The fourth-order valence-corrected chi connectivity index (χ4v) is 3.33. The summed E-state index contributed by atoms with van der Waals surface area (Å²) in [5.41, 5.74) is 0.326. The highest BCUT2D eigenvalue weighted by atomic mass is 35.5. The number of rotatable bonds is 11. The van der Waals surface area contributed by atoms with Crippen LogP contribution in [0.1, 0.15) is 20.8 Å². The maximum absolute atomic E-state index is 13.1. The minimum atomic E-state index is -1.53. The number of azo groups is 1. The Kier molecular flexibility index (Phi) is 9.74. The number of methoxy groups -OCH3 is 2. The fraction of sp³-hybridized carbons (Fsp3) is 0.364. The molecule has 0 aliphatic rings. The normalized spacial score (nSPS) is 11.7. The monoisotopic (exact) mass is 497 g/mol. The minimum absolute atomic E-state index is 0.133. The van der Waals surface area contributed by atoms with Gasteiger partial charge in [0.05, 0.1) is 27.4 Å². The number of Topliss-reactive ketones (excluding diaryl/α,β-unsaturated/α-hetero) is 1. The topological polar surface area (TPSA) is 99.0 Å². The van der Waals surface area contributed by atoms with Crippen LogP contribution in [0.2, 0.25) is 5.02 Å². The number of ether oxygens (including phenoxy) is 4. The minimum Gasteiger partial charge on any atom is -0.494 e. The molecule has 178 valence electrons. The number of amides is 1. The van der Waals surface area contributed by atoms with E-state index >= 15 is 0 Å². The van der Waals surface area contributed by atoms with Crippen molar-refractivity contribution in [1.82, 2.24) is 0 Å². The van der Waals surface area contributed by atoms with E-state index in [4.69, 9.17) is 42.3 Å². The molecule has 0 N–H and O–H groups in total. The zero-order valence-corrected chi connectivity index (χ0v) is 20.4. The van der Waals surface area contributed by atoms with E-state index in [9.17, 15) is 9.59 Å². The second kappa shape index (κ2) is 12.3. The number of ketones is 1. The maximum atomic E-state index is 13.1. The lowest BCUT2D eigenvalue weighted by atomic mass is 10.2. The van der Waals surface area contributed by atoms with Crippen LogP contribution in [0.25, 0.3) is 0 Å². The second-order valence-electron chi connectivity index (χ2n) is 6.45. The van der Waals surface area contributed by atoms with Gasteiger partial charge in [-0.05, 0) is 45.0 Å². The Morgan fingerprint density at radius 1 is 1.00 bits per heavy atom. The molecule has 0 saturated carbocycles. The standard InChI is InChI=1S/C22H25Cl2N3O6/c1-6-32-17-12-11-14(18(23)21(17)33-7-2)25-26-19(13(3)28)22(29)27(24)20-15(30-4)9-8-10-16(20)31-5/h8-12,19H,6-7H2,1-5H3. The Balaban J connectivity index is 2.42. The van der Waals surface area contributed by atoms with Gasteiger partial charge in [0.1, 0.15) is 27.9 Å². The van der Waals surface area contributed by atoms with Crippen molar-refractivity contribution in [3.05, 3.63) is 35.4 Å². The van der Waals surface area contributed by atoms with Crippen LogP contribution in [-0.2, 0) is 9.59 Å². The van der Waals surface area contributed by atoms with E-state index in [1.165, 1.54) is 21.1 Å². The first-order valence-corrected chi connectivity index (χ1v) is 10.7. The molecule has 1 atom stereocenters. The number of hydrogen-bond acceptors (Lipinski definition) is 8. The highest BCUT2D eigenvalue weighted by molar-refractivity contribution is 6.40. The summed E-state index contributed by atoms with van der Waals surface area (Å²) in [7, 11) is 2.83. The van der Waals surface area contributed by atoms with Gasteiger partial charge in [-0.15, -0.1) is 0 Å². The highest BCUT2D eigenvalue weighted by Gasteiger charge is 2.32. The molecule has 11 heteroatoms. The van der Waals surface area contributed by atoms with E-state index in [0.29, 0.717) is 24.7 Å². The largest absolute Gasteiger partial charge is 0.494 e. The van der Waals surface area contributed by atoms with Crippen molar-refractivity contribution < 1.29 is 28.5 Å². The van der Waals surface area contributed by atoms with Gasteiger partial charge in [-0.3, -0.25) is 9.59 Å². The predicted molar refractivity (Wildman–Crippen MR) is 126 cm³/mol. The number of nitrogens with zero attached hydrogens (tertiary/aromatic N) is 3. The molecule has 2 rings (SSSR count). The van der Waals surface area contributed by atoms with Gasteiger partial charge in [0.15, 0.2) is 17.3 Å². The fourth-order valence-electron chi connectivity index (χ4n) is 2.82. The Morgan fingerprint density at radius 3 is 2.12 bits per heavy atom. The predicted octanol–water partition coefficient (Wildman–Crippen LogP) is 5.38. The zero-order chi connectivity index (χ0) is 24.5. The van der Waals surface area contributed by atoms with Crippen LogP contribution in [0.4, 0.5) is 11.4 Å². The molecule has 0 radical (unpaired) electrons. The van der Waals surface area contributed by atoms with Crippen molar-refractivity contribution in [3.8, 4) is 23.0 Å². The molecule has 33 heavy (non-hydrogen) atoms. The van der Waals surface area contributed by atoms with Gasteiger partial charge in [0.25, 0.3) is 5.91 Å². The lowest BCUT2D eigenvalue weighted by Crippen LogP contribution is -2.36. The van der Waals surface area contributed by atoms with Crippen LogP contribution in [0.3, 0.4) is 0 Å². The van der Waals surface area contributed by atoms with Gasteiger partial charge < -0.3 is 18.9 Å². The number of anilines is 1. The molecule has 2 aromatic rings. The maximum Gasteiger partial charge on any atom is 0.276 e. The van der Waals surface area contributed by atoms with Crippen molar-refractivity contribution in [2.24, 2.45) is 10.2 Å². The average Bonchev–Trinajstić information content (AvgIpc) is 2.81. The highest BCUT2D eigenvalue weighted by Crippen LogP contribution is 2.42. The Hall–Kier alpha value is -3.04. The SMILES string of the molecule is CCOc1ccc(N=NC(C(C)=O)C(=O)N(Cl)c2c(OC)cccc2OC)c(Cl)c1OCC. The summed E-state index contributed by atoms with van der Waals surface area (Å²) in [4.78, 5) is 25.3. The third kappa shape index (κ3) is 6.06. The Labute approximate surface area is 202 Å². The molecule has 0 aliphatic heterocycles. The first kappa shape index (κ1) is 26.2. The smallest absolute Gasteiger partial charge is 0.276 e. The van der Waals surface area contributed by atoms with Gasteiger partial charge in [0, 0.05) is 11.8 Å². The van der Waals surface area contributed by atoms with Gasteiger partial charge in [-0.1, -0.05) is 17.7 Å². The lowest BCUT2D eigenvalue weighted by molar-refractivity contribution is -0.126. The van der Waals surface area contributed by atoms with E-state index in [1.807, 2.05) is 6.92 Å².